The summed E-state index contributed by atoms with van der Waals surface area (Å²) < 4.78 is 50.7. The van der Waals surface area contributed by atoms with Crippen LogP contribution in [0.4, 0.5) is 13.2 Å². The van der Waals surface area contributed by atoms with Crippen molar-refractivity contribution in [2.45, 2.75) is 32.2 Å². The fraction of sp³-hybridized carbons (Fsp3) is 0.200. The molecule has 1 heterocycles. The van der Waals surface area contributed by atoms with Crippen molar-refractivity contribution in [3.63, 3.8) is 0 Å². The Morgan fingerprint density at radius 3 is 2.27 bits per heavy atom. The molecule has 154 valence electrons. The molecule has 0 N–H and O–H groups in total. The highest BCUT2D eigenvalue weighted by atomic mass is 19.4. The van der Waals surface area contributed by atoms with Crippen molar-refractivity contribution in [1.29, 1.82) is 0 Å². The van der Waals surface area contributed by atoms with Gasteiger partial charge in [-0.2, -0.15) is 13.2 Å². The highest BCUT2D eigenvalue weighted by Crippen LogP contribution is 2.41. The molecular formula is C25H21F3O2. The SMILES string of the molecule is CC1(C)C=C(c2ccc(C(F)(F)F)cc2)c2ccc(OCc3ccccc3)cc2O1. The molecule has 0 amide bonds. The number of rotatable bonds is 4. The average Bonchev–Trinajstić information content (AvgIpc) is 2.71. The van der Waals surface area contributed by atoms with Gasteiger partial charge in [0.1, 0.15) is 23.7 Å². The highest BCUT2D eigenvalue weighted by Gasteiger charge is 2.31. The van der Waals surface area contributed by atoms with E-state index in [0.29, 0.717) is 23.7 Å². The first kappa shape index (κ1) is 20.1. The van der Waals surface area contributed by atoms with E-state index in [9.17, 15) is 13.2 Å². The summed E-state index contributed by atoms with van der Waals surface area (Å²) in [6, 6.07) is 20.6. The monoisotopic (exact) mass is 410 g/mol. The predicted molar refractivity (Wildman–Crippen MR) is 110 cm³/mol. The Labute approximate surface area is 173 Å². The predicted octanol–water partition coefficient (Wildman–Crippen LogP) is 6.89. The summed E-state index contributed by atoms with van der Waals surface area (Å²) >= 11 is 0. The Balaban J connectivity index is 1.63. The fourth-order valence-electron chi connectivity index (χ4n) is 3.46. The fourth-order valence-corrected chi connectivity index (χ4v) is 3.46. The summed E-state index contributed by atoms with van der Waals surface area (Å²) in [5.74, 6) is 1.31. The minimum atomic E-state index is -4.36. The van der Waals surface area contributed by atoms with Crippen LogP contribution in [0.25, 0.3) is 5.57 Å². The summed E-state index contributed by atoms with van der Waals surface area (Å²) in [4.78, 5) is 0. The number of benzene rings is 3. The molecule has 5 heteroatoms. The molecule has 0 radical (unpaired) electrons. The molecule has 1 aliphatic heterocycles. The van der Waals surface area contributed by atoms with Crippen LogP contribution in [0.3, 0.4) is 0 Å². The molecule has 30 heavy (non-hydrogen) atoms. The van der Waals surface area contributed by atoms with Crippen LogP contribution in [0.1, 0.15) is 36.1 Å². The van der Waals surface area contributed by atoms with Gasteiger partial charge in [0.15, 0.2) is 0 Å². The van der Waals surface area contributed by atoms with E-state index in [-0.39, 0.29) is 0 Å². The standard InChI is InChI=1S/C25H21F3O2/c1-24(2)15-22(18-8-10-19(11-9-18)25(26,27)28)21-13-12-20(14-23(21)30-24)29-16-17-6-4-3-5-7-17/h3-15H,16H2,1-2H3. The lowest BCUT2D eigenvalue weighted by molar-refractivity contribution is -0.137. The van der Waals surface area contributed by atoms with Crippen molar-refractivity contribution in [3.05, 3.63) is 101 Å². The minimum absolute atomic E-state index is 0.435. The van der Waals surface area contributed by atoms with Gasteiger partial charge in [0, 0.05) is 11.6 Å². The van der Waals surface area contributed by atoms with Crippen LogP contribution in [-0.4, -0.2) is 5.60 Å². The van der Waals surface area contributed by atoms with E-state index in [4.69, 9.17) is 9.47 Å². The highest BCUT2D eigenvalue weighted by molar-refractivity contribution is 5.85. The zero-order chi connectivity index (χ0) is 21.4. The van der Waals surface area contributed by atoms with Gasteiger partial charge < -0.3 is 9.47 Å². The molecule has 0 aromatic heterocycles. The molecule has 1 aliphatic rings. The molecule has 4 rings (SSSR count). The van der Waals surface area contributed by atoms with E-state index in [0.717, 1.165) is 28.8 Å². The van der Waals surface area contributed by atoms with Gasteiger partial charge in [-0.25, -0.2) is 0 Å². The van der Waals surface area contributed by atoms with Gasteiger partial charge in [-0.15, -0.1) is 0 Å². The molecule has 0 atom stereocenters. The van der Waals surface area contributed by atoms with Crippen molar-refractivity contribution in [2.24, 2.45) is 0 Å². The summed E-state index contributed by atoms with van der Waals surface area (Å²) in [5, 5.41) is 0. The van der Waals surface area contributed by atoms with Crippen LogP contribution in [-0.2, 0) is 12.8 Å². The number of hydrogen-bond acceptors (Lipinski definition) is 2. The van der Waals surface area contributed by atoms with Crippen molar-refractivity contribution < 1.29 is 22.6 Å². The van der Waals surface area contributed by atoms with Gasteiger partial charge in [0.25, 0.3) is 0 Å². The second kappa shape index (κ2) is 7.56. The van der Waals surface area contributed by atoms with Gasteiger partial charge in [0.05, 0.1) is 5.56 Å². The molecule has 0 unspecified atom stereocenters. The maximum Gasteiger partial charge on any atom is 0.416 e. The van der Waals surface area contributed by atoms with Gasteiger partial charge in [-0.3, -0.25) is 0 Å². The number of ether oxygens (including phenoxy) is 2. The molecule has 0 saturated heterocycles. The van der Waals surface area contributed by atoms with Gasteiger partial charge in [-0.1, -0.05) is 42.5 Å². The third kappa shape index (κ3) is 4.35. The van der Waals surface area contributed by atoms with Crippen molar-refractivity contribution in [1.82, 2.24) is 0 Å². The molecule has 0 fully saturated rings. The van der Waals surface area contributed by atoms with E-state index in [1.807, 2.05) is 68.5 Å². The summed E-state index contributed by atoms with van der Waals surface area (Å²) in [5.41, 5.74) is 2.15. The van der Waals surface area contributed by atoms with E-state index in [2.05, 4.69) is 0 Å². The minimum Gasteiger partial charge on any atom is -0.489 e. The van der Waals surface area contributed by atoms with E-state index in [1.54, 1.807) is 0 Å². The zero-order valence-electron chi connectivity index (χ0n) is 16.7. The first-order chi connectivity index (χ1) is 14.2. The lowest BCUT2D eigenvalue weighted by Crippen LogP contribution is -2.29. The van der Waals surface area contributed by atoms with Crippen LogP contribution in [0.2, 0.25) is 0 Å². The summed E-state index contributed by atoms with van der Waals surface area (Å²) in [6.45, 7) is 4.26. The Morgan fingerprint density at radius 2 is 1.60 bits per heavy atom. The number of fused-ring (bicyclic) bond motifs is 1. The van der Waals surface area contributed by atoms with Gasteiger partial charge >= 0.3 is 6.18 Å². The molecule has 0 saturated carbocycles. The normalized spacial score (nSPS) is 15.0. The Hall–Kier alpha value is -3.21. The van der Waals surface area contributed by atoms with Crippen LogP contribution in [0.15, 0.2) is 78.9 Å². The third-order valence-electron chi connectivity index (χ3n) is 4.88. The molecule has 0 aliphatic carbocycles. The lowest BCUT2D eigenvalue weighted by atomic mass is 9.89. The lowest BCUT2D eigenvalue weighted by Gasteiger charge is -2.31. The average molecular weight is 410 g/mol. The number of hydrogen-bond donors (Lipinski definition) is 0. The third-order valence-corrected chi connectivity index (χ3v) is 4.88. The Kier molecular flexibility index (Phi) is 5.06. The molecule has 0 spiro atoms. The maximum atomic E-state index is 12.9. The molecule has 3 aromatic rings. The summed E-state index contributed by atoms with van der Waals surface area (Å²) in [7, 11) is 0. The second-order valence-electron chi connectivity index (χ2n) is 7.77. The van der Waals surface area contributed by atoms with E-state index >= 15 is 0 Å². The Morgan fingerprint density at radius 1 is 0.900 bits per heavy atom. The van der Waals surface area contributed by atoms with Crippen molar-refractivity contribution in [3.8, 4) is 11.5 Å². The zero-order valence-corrected chi connectivity index (χ0v) is 16.7. The van der Waals surface area contributed by atoms with Crippen molar-refractivity contribution >= 4 is 5.57 Å². The van der Waals surface area contributed by atoms with E-state index < -0.39 is 17.3 Å². The Bertz CT molecular complexity index is 1070. The number of alkyl halides is 3. The first-order valence-electron chi connectivity index (χ1n) is 9.62. The quantitative estimate of drug-likeness (QED) is 0.466. The number of halogens is 3. The van der Waals surface area contributed by atoms with Gasteiger partial charge in [0.2, 0.25) is 0 Å². The molecule has 0 bridgehead atoms. The maximum absolute atomic E-state index is 12.9. The van der Waals surface area contributed by atoms with Crippen LogP contribution < -0.4 is 9.47 Å². The van der Waals surface area contributed by atoms with Crippen molar-refractivity contribution in [2.75, 3.05) is 0 Å². The molecule has 3 aromatic carbocycles. The van der Waals surface area contributed by atoms with Crippen LogP contribution in [0.5, 0.6) is 11.5 Å². The topological polar surface area (TPSA) is 18.5 Å². The van der Waals surface area contributed by atoms with Gasteiger partial charge in [-0.05, 0) is 60.9 Å². The smallest absolute Gasteiger partial charge is 0.416 e. The first-order valence-corrected chi connectivity index (χ1v) is 9.62. The summed E-state index contributed by atoms with van der Waals surface area (Å²) in [6.07, 6.45) is -2.42. The largest absolute Gasteiger partial charge is 0.489 e. The van der Waals surface area contributed by atoms with Crippen LogP contribution in [0, 0.1) is 0 Å². The van der Waals surface area contributed by atoms with E-state index in [1.165, 1.54) is 12.1 Å². The molecule has 2 nitrogen and oxygen atoms in total. The molecular weight excluding hydrogens is 389 g/mol. The van der Waals surface area contributed by atoms with Crippen LogP contribution >= 0.6 is 0 Å². The second-order valence-corrected chi connectivity index (χ2v) is 7.77.